The first-order valence-corrected chi connectivity index (χ1v) is 6.33. The molecule has 0 unspecified atom stereocenters. The summed E-state index contributed by atoms with van der Waals surface area (Å²) in [6.45, 7) is 1.00. The van der Waals surface area contributed by atoms with Gasteiger partial charge in [-0.1, -0.05) is 6.07 Å². The lowest BCUT2D eigenvalue weighted by Crippen LogP contribution is -2.01. The average molecular weight is 272 g/mol. The Labute approximate surface area is 111 Å². The van der Waals surface area contributed by atoms with Crippen LogP contribution in [0.1, 0.15) is 31.2 Å². The maximum absolute atomic E-state index is 13.3. The normalized spacial score (nSPS) is 10.6. The zero-order valence-corrected chi connectivity index (χ0v) is 10.7. The van der Waals surface area contributed by atoms with Crippen LogP contribution in [0.25, 0.3) is 0 Å². The number of aliphatic carboxylic acids is 1. The van der Waals surface area contributed by atoms with Gasteiger partial charge in [-0.15, -0.1) is 0 Å². The van der Waals surface area contributed by atoms with E-state index in [1.807, 2.05) is 0 Å². The Morgan fingerprint density at radius 3 is 2.58 bits per heavy atom. The monoisotopic (exact) mass is 272 g/mol. The first-order chi connectivity index (χ1) is 9.09. The molecule has 0 spiro atoms. The molecule has 1 N–H and O–H groups in total. The number of hydrogen-bond acceptors (Lipinski definition) is 2. The first-order valence-electron chi connectivity index (χ1n) is 6.33. The third kappa shape index (κ3) is 6.86. The largest absolute Gasteiger partial charge is 0.481 e. The van der Waals surface area contributed by atoms with Crippen LogP contribution in [0.2, 0.25) is 0 Å². The summed E-state index contributed by atoms with van der Waals surface area (Å²) in [5.74, 6) is -1.90. The van der Waals surface area contributed by atoms with Gasteiger partial charge in [0.05, 0.1) is 0 Å². The van der Waals surface area contributed by atoms with Gasteiger partial charge in [0.1, 0.15) is 11.6 Å². The van der Waals surface area contributed by atoms with E-state index in [1.165, 1.54) is 12.1 Å². The summed E-state index contributed by atoms with van der Waals surface area (Å²) in [5, 5.41) is 8.42. The highest BCUT2D eigenvalue weighted by Gasteiger charge is 2.03. The number of benzene rings is 1. The average Bonchev–Trinajstić information content (AvgIpc) is 2.34. The van der Waals surface area contributed by atoms with Crippen molar-refractivity contribution in [1.29, 1.82) is 0 Å². The molecule has 1 rings (SSSR count). The first kappa shape index (κ1) is 15.6. The molecule has 1 aromatic carbocycles. The quantitative estimate of drug-likeness (QED) is 0.702. The molecule has 0 saturated heterocycles. The van der Waals surface area contributed by atoms with Crippen molar-refractivity contribution in [2.45, 2.75) is 32.1 Å². The molecule has 0 aromatic heterocycles. The molecule has 0 radical (unpaired) electrons. The second kappa shape index (κ2) is 8.58. The molecule has 1 aromatic rings. The van der Waals surface area contributed by atoms with Crippen LogP contribution in [0.4, 0.5) is 8.78 Å². The van der Waals surface area contributed by atoms with E-state index in [9.17, 15) is 13.6 Å². The molecule has 0 fully saturated rings. The summed E-state index contributed by atoms with van der Waals surface area (Å²) in [5.41, 5.74) is 0.482. The van der Waals surface area contributed by atoms with Crippen LogP contribution in [-0.4, -0.2) is 24.3 Å². The Hall–Kier alpha value is -1.49. The highest BCUT2D eigenvalue weighted by atomic mass is 19.1. The number of aryl methyl sites for hydroxylation is 1. The van der Waals surface area contributed by atoms with E-state index in [0.29, 0.717) is 44.5 Å². The molecule has 0 bridgehead atoms. The maximum Gasteiger partial charge on any atom is 0.303 e. The van der Waals surface area contributed by atoms with Crippen molar-refractivity contribution in [2.24, 2.45) is 0 Å². The molecule has 3 nitrogen and oxygen atoms in total. The van der Waals surface area contributed by atoms with Crippen LogP contribution in [0.15, 0.2) is 18.2 Å². The number of rotatable bonds is 9. The van der Waals surface area contributed by atoms with Gasteiger partial charge >= 0.3 is 5.97 Å². The Kier molecular flexibility index (Phi) is 7.03. The SMILES string of the molecule is O=C(O)CCCCOCCCc1ccc(F)cc1F. The Morgan fingerprint density at radius 2 is 1.89 bits per heavy atom. The summed E-state index contributed by atoms with van der Waals surface area (Å²) in [7, 11) is 0. The summed E-state index contributed by atoms with van der Waals surface area (Å²) in [6, 6.07) is 3.56. The van der Waals surface area contributed by atoms with Crippen LogP contribution >= 0.6 is 0 Å². The van der Waals surface area contributed by atoms with Crippen molar-refractivity contribution in [3.05, 3.63) is 35.4 Å². The Balaban J connectivity index is 2.06. The van der Waals surface area contributed by atoms with E-state index >= 15 is 0 Å². The fourth-order valence-corrected chi connectivity index (χ4v) is 1.67. The fourth-order valence-electron chi connectivity index (χ4n) is 1.67. The van der Waals surface area contributed by atoms with Crippen molar-refractivity contribution < 1.29 is 23.4 Å². The molecule has 0 heterocycles. The van der Waals surface area contributed by atoms with Crippen LogP contribution in [0.5, 0.6) is 0 Å². The van der Waals surface area contributed by atoms with Gasteiger partial charge in [-0.3, -0.25) is 4.79 Å². The van der Waals surface area contributed by atoms with Crippen molar-refractivity contribution in [3.8, 4) is 0 Å². The zero-order valence-electron chi connectivity index (χ0n) is 10.7. The van der Waals surface area contributed by atoms with Gasteiger partial charge in [-0.25, -0.2) is 8.78 Å². The molecule has 5 heteroatoms. The number of carbonyl (C=O) groups is 1. The maximum atomic E-state index is 13.3. The minimum absolute atomic E-state index is 0.157. The van der Waals surface area contributed by atoms with E-state index in [2.05, 4.69) is 0 Å². The summed E-state index contributed by atoms with van der Waals surface area (Å²) in [6.07, 6.45) is 2.62. The number of carboxylic acid groups (broad SMARTS) is 1. The number of halogens is 2. The number of ether oxygens (including phenoxy) is 1. The van der Waals surface area contributed by atoms with Crippen LogP contribution in [0, 0.1) is 11.6 Å². The highest BCUT2D eigenvalue weighted by Crippen LogP contribution is 2.11. The lowest BCUT2D eigenvalue weighted by Gasteiger charge is -2.05. The predicted molar refractivity (Wildman–Crippen MR) is 67.0 cm³/mol. The lowest BCUT2D eigenvalue weighted by atomic mass is 10.1. The van der Waals surface area contributed by atoms with Crippen molar-refractivity contribution in [3.63, 3.8) is 0 Å². The second-order valence-electron chi connectivity index (χ2n) is 4.30. The molecule has 106 valence electrons. The van der Waals surface area contributed by atoms with Crippen molar-refractivity contribution >= 4 is 5.97 Å². The van der Waals surface area contributed by atoms with Gasteiger partial charge < -0.3 is 9.84 Å². The molecule has 0 aliphatic rings. The molecular weight excluding hydrogens is 254 g/mol. The van der Waals surface area contributed by atoms with E-state index in [-0.39, 0.29) is 6.42 Å². The summed E-state index contributed by atoms with van der Waals surface area (Å²) >= 11 is 0. The molecular formula is C14H18F2O3. The molecule has 0 amide bonds. The Bertz CT molecular complexity index is 408. The smallest absolute Gasteiger partial charge is 0.303 e. The number of hydrogen-bond donors (Lipinski definition) is 1. The molecule has 0 aliphatic heterocycles. The van der Waals surface area contributed by atoms with E-state index in [0.717, 1.165) is 6.07 Å². The molecule has 0 aliphatic carbocycles. The zero-order chi connectivity index (χ0) is 14.1. The van der Waals surface area contributed by atoms with Gasteiger partial charge in [0.25, 0.3) is 0 Å². The van der Waals surface area contributed by atoms with Gasteiger partial charge in [-0.2, -0.15) is 0 Å². The van der Waals surface area contributed by atoms with Crippen molar-refractivity contribution in [2.75, 3.05) is 13.2 Å². The topological polar surface area (TPSA) is 46.5 Å². The summed E-state index contributed by atoms with van der Waals surface area (Å²) in [4.78, 5) is 10.2. The third-order valence-corrected chi connectivity index (χ3v) is 2.68. The van der Waals surface area contributed by atoms with Crippen LogP contribution < -0.4 is 0 Å². The lowest BCUT2D eigenvalue weighted by molar-refractivity contribution is -0.137. The van der Waals surface area contributed by atoms with Crippen LogP contribution in [-0.2, 0) is 16.0 Å². The Morgan fingerprint density at radius 1 is 1.16 bits per heavy atom. The third-order valence-electron chi connectivity index (χ3n) is 2.68. The van der Waals surface area contributed by atoms with Gasteiger partial charge in [-0.05, 0) is 37.3 Å². The van der Waals surface area contributed by atoms with E-state index < -0.39 is 17.6 Å². The fraction of sp³-hybridized carbons (Fsp3) is 0.500. The predicted octanol–water partition coefficient (Wildman–Crippen LogP) is 3.17. The number of carboxylic acids is 1. The molecule has 19 heavy (non-hydrogen) atoms. The standard InChI is InChI=1S/C14H18F2O3/c15-12-7-6-11(13(16)10-12)4-3-9-19-8-2-1-5-14(17)18/h6-7,10H,1-5,8-9H2,(H,17,18). The summed E-state index contributed by atoms with van der Waals surface area (Å²) < 4.78 is 31.2. The van der Waals surface area contributed by atoms with Gasteiger partial charge in [0.2, 0.25) is 0 Å². The van der Waals surface area contributed by atoms with Gasteiger partial charge in [0, 0.05) is 25.7 Å². The van der Waals surface area contributed by atoms with E-state index in [1.54, 1.807) is 0 Å². The van der Waals surface area contributed by atoms with Crippen molar-refractivity contribution in [1.82, 2.24) is 0 Å². The van der Waals surface area contributed by atoms with E-state index in [4.69, 9.17) is 9.84 Å². The molecule has 0 atom stereocenters. The molecule has 0 saturated carbocycles. The minimum atomic E-state index is -0.799. The second-order valence-corrected chi connectivity index (χ2v) is 4.30. The van der Waals surface area contributed by atoms with Gasteiger partial charge in [0.15, 0.2) is 0 Å². The highest BCUT2D eigenvalue weighted by molar-refractivity contribution is 5.66. The number of unbranched alkanes of at least 4 members (excludes halogenated alkanes) is 1. The minimum Gasteiger partial charge on any atom is -0.481 e. The van der Waals surface area contributed by atoms with Crippen LogP contribution in [0.3, 0.4) is 0 Å².